The molecule has 7 heteroatoms. The molecule has 29 heavy (non-hydrogen) atoms. The van der Waals surface area contributed by atoms with Crippen molar-refractivity contribution < 1.29 is 9.53 Å². The molecule has 0 saturated carbocycles. The van der Waals surface area contributed by atoms with E-state index < -0.39 is 0 Å². The standard InChI is InChI=1S/C22H19N3O2S.ClH/c1-13-7-8-15(9-14(13)2)18-11-28-21-19(18)20(23-12-24-21)25-17-6-4-5-16(10-17)22(26)27-3;/h4-12H,1-3H3,(H,23,24,25);1H. The van der Waals surface area contributed by atoms with E-state index in [1.807, 2.05) is 12.1 Å². The number of hydrogen-bond donors (Lipinski definition) is 1. The number of thiophene rings is 1. The number of nitrogens with zero attached hydrogens (tertiary/aromatic N) is 2. The normalized spacial score (nSPS) is 10.4. The fourth-order valence-corrected chi connectivity index (χ4v) is 3.99. The van der Waals surface area contributed by atoms with Crippen LogP contribution >= 0.6 is 23.7 Å². The van der Waals surface area contributed by atoms with E-state index >= 15 is 0 Å². The van der Waals surface area contributed by atoms with Gasteiger partial charge in [-0.05, 0) is 48.7 Å². The van der Waals surface area contributed by atoms with Crippen LogP contribution in [0.25, 0.3) is 21.3 Å². The number of aryl methyl sites for hydroxylation is 2. The van der Waals surface area contributed by atoms with Crippen molar-refractivity contribution in [3.63, 3.8) is 0 Å². The molecule has 0 amide bonds. The van der Waals surface area contributed by atoms with E-state index in [9.17, 15) is 4.79 Å². The summed E-state index contributed by atoms with van der Waals surface area (Å²) in [6, 6.07) is 13.6. The number of carbonyl (C=O) groups excluding carboxylic acids is 1. The monoisotopic (exact) mass is 425 g/mol. The highest BCUT2D eigenvalue weighted by Crippen LogP contribution is 2.38. The zero-order chi connectivity index (χ0) is 19.7. The van der Waals surface area contributed by atoms with Gasteiger partial charge in [0.2, 0.25) is 0 Å². The number of anilines is 2. The first-order valence-electron chi connectivity index (χ1n) is 8.82. The Labute approximate surface area is 179 Å². The minimum Gasteiger partial charge on any atom is -0.465 e. The number of carbonyl (C=O) groups is 1. The van der Waals surface area contributed by atoms with E-state index in [4.69, 9.17) is 4.74 Å². The van der Waals surface area contributed by atoms with Gasteiger partial charge in [-0.15, -0.1) is 23.7 Å². The van der Waals surface area contributed by atoms with Crippen molar-refractivity contribution in [1.82, 2.24) is 9.97 Å². The third-order valence-corrected chi connectivity index (χ3v) is 5.62. The Morgan fingerprint density at radius 1 is 1.07 bits per heavy atom. The summed E-state index contributed by atoms with van der Waals surface area (Å²) in [6.45, 7) is 4.22. The molecule has 0 radical (unpaired) electrons. The van der Waals surface area contributed by atoms with Gasteiger partial charge in [0.1, 0.15) is 17.0 Å². The second-order valence-corrected chi connectivity index (χ2v) is 7.41. The molecule has 0 saturated heterocycles. The lowest BCUT2D eigenvalue weighted by molar-refractivity contribution is 0.0601. The predicted molar refractivity (Wildman–Crippen MR) is 121 cm³/mol. The van der Waals surface area contributed by atoms with Crippen LogP contribution in [-0.2, 0) is 4.74 Å². The van der Waals surface area contributed by atoms with Crippen molar-refractivity contribution in [3.8, 4) is 11.1 Å². The van der Waals surface area contributed by atoms with Gasteiger partial charge in [-0.25, -0.2) is 14.8 Å². The molecule has 0 bridgehead atoms. The van der Waals surface area contributed by atoms with E-state index in [1.54, 1.807) is 29.8 Å². The van der Waals surface area contributed by atoms with Gasteiger partial charge in [0, 0.05) is 16.6 Å². The second kappa shape index (κ2) is 8.59. The third-order valence-electron chi connectivity index (χ3n) is 4.73. The maximum absolute atomic E-state index is 11.8. The number of aromatic nitrogens is 2. The van der Waals surface area contributed by atoms with E-state index in [2.05, 4.69) is 52.7 Å². The number of benzene rings is 2. The summed E-state index contributed by atoms with van der Waals surface area (Å²) < 4.78 is 4.81. The molecule has 0 fully saturated rings. The number of nitrogens with one attached hydrogen (secondary N) is 1. The van der Waals surface area contributed by atoms with Crippen LogP contribution in [0.2, 0.25) is 0 Å². The molecule has 0 aliphatic heterocycles. The van der Waals surface area contributed by atoms with Crippen molar-refractivity contribution in [2.24, 2.45) is 0 Å². The van der Waals surface area contributed by atoms with Crippen LogP contribution < -0.4 is 5.32 Å². The van der Waals surface area contributed by atoms with Gasteiger partial charge in [-0.3, -0.25) is 0 Å². The third kappa shape index (κ3) is 4.09. The minimum absolute atomic E-state index is 0. The Bertz CT molecular complexity index is 1190. The first-order chi connectivity index (χ1) is 13.6. The molecule has 0 unspecified atom stereocenters. The largest absolute Gasteiger partial charge is 0.465 e. The van der Waals surface area contributed by atoms with Gasteiger partial charge in [0.05, 0.1) is 18.1 Å². The fraction of sp³-hybridized carbons (Fsp3) is 0.136. The highest BCUT2D eigenvalue weighted by Gasteiger charge is 2.14. The average molecular weight is 426 g/mol. The topological polar surface area (TPSA) is 64.1 Å². The lowest BCUT2D eigenvalue weighted by Gasteiger charge is -2.10. The maximum Gasteiger partial charge on any atom is 0.337 e. The first-order valence-corrected chi connectivity index (χ1v) is 9.70. The maximum atomic E-state index is 11.8. The van der Waals surface area contributed by atoms with Crippen LogP contribution in [0.3, 0.4) is 0 Å². The number of halogens is 1. The van der Waals surface area contributed by atoms with Crippen molar-refractivity contribution in [1.29, 1.82) is 0 Å². The molecule has 148 valence electrons. The zero-order valence-corrected chi connectivity index (χ0v) is 17.9. The van der Waals surface area contributed by atoms with Crippen molar-refractivity contribution in [3.05, 3.63) is 70.9 Å². The van der Waals surface area contributed by atoms with Crippen LogP contribution in [0.15, 0.2) is 54.2 Å². The first kappa shape index (κ1) is 20.8. The quantitative estimate of drug-likeness (QED) is 0.410. The van der Waals surface area contributed by atoms with Gasteiger partial charge >= 0.3 is 5.97 Å². The molecule has 0 aliphatic carbocycles. The molecule has 2 aromatic carbocycles. The Morgan fingerprint density at radius 2 is 1.90 bits per heavy atom. The smallest absolute Gasteiger partial charge is 0.337 e. The number of methoxy groups -OCH3 is 1. The highest BCUT2D eigenvalue weighted by molar-refractivity contribution is 7.17. The lowest BCUT2D eigenvalue weighted by atomic mass is 10.0. The second-order valence-electron chi connectivity index (χ2n) is 6.55. The van der Waals surface area contributed by atoms with E-state index in [0.29, 0.717) is 11.4 Å². The number of esters is 1. The lowest BCUT2D eigenvalue weighted by Crippen LogP contribution is -2.02. The number of hydrogen-bond acceptors (Lipinski definition) is 6. The van der Waals surface area contributed by atoms with Crippen molar-refractivity contribution in [2.45, 2.75) is 13.8 Å². The Balaban J connectivity index is 0.00000240. The highest BCUT2D eigenvalue weighted by atomic mass is 35.5. The number of fused-ring (bicyclic) bond motifs is 1. The predicted octanol–water partition coefficient (Wildman–Crippen LogP) is 5.93. The van der Waals surface area contributed by atoms with E-state index in [0.717, 1.165) is 27.0 Å². The summed E-state index contributed by atoms with van der Waals surface area (Å²) in [7, 11) is 1.37. The van der Waals surface area contributed by atoms with Crippen molar-refractivity contribution in [2.75, 3.05) is 12.4 Å². The van der Waals surface area contributed by atoms with Gasteiger partial charge in [0.25, 0.3) is 0 Å². The average Bonchev–Trinajstić information content (AvgIpc) is 3.15. The fourth-order valence-electron chi connectivity index (χ4n) is 3.07. The van der Waals surface area contributed by atoms with Crippen LogP contribution in [0.4, 0.5) is 11.5 Å². The summed E-state index contributed by atoms with van der Waals surface area (Å²) >= 11 is 1.59. The van der Waals surface area contributed by atoms with Crippen LogP contribution in [-0.4, -0.2) is 23.0 Å². The Kier molecular flexibility index (Phi) is 6.15. The van der Waals surface area contributed by atoms with E-state index in [1.165, 1.54) is 18.2 Å². The van der Waals surface area contributed by atoms with Gasteiger partial charge < -0.3 is 10.1 Å². The molecule has 0 spiro atoms. The minimum atomic E-state index is -0.372. The molecule has 4 aromatic rings. The summed E-state index contributed by atoms with van der Waals surface area (Å²) in [4.78, 5) is 21.6. The summed E-state index contributed by atoms with van der Waals surface area (Å²) in [5, 5.41) is 6.42. The molecule has 2 aromatic heterocycles. The summed E-state index contributed by atoms with van der Waals surface area (Å²) in [5.74, 6) is 0.337. The number of ether oxygens (including phenoxy) is 1. The zero-order valence-electron chi connectivity index (χ0n) is 16.2. The van der Waals surface area contributed by atoms with E-state index in [-0.39, 0.29) is 18.4 Å². The Hall–Kier alpha value is -2.96. The van der Waals surface area contributed by atoms with Crippen molar-refractivity contribution >= 4 is 51.4 Å². The SMILES string of the molecule is COC(=O)c1cccc(Nc2ncnc3scc(-c4ccc(C)c(C)c4)c23)c1.Cl. The molecule has 0 atom stereocenters. The molecule has 5 nitrogen and oxygen atoms in total. The summed E-state index contributed by atoms with van der Waals surface area (Å²) in [6.07, 6.45) is 1.55. The van der Waals surface area contributed by atoms with Crippen LogP contribution in [0, 0.1) is 13.8 Å². The number of rotatable bonds is 4. The van der Waals surface area contributed by atoms with Gasteiger partial charge in [0.15, 0.2) is 0 Å². The molecule has 0 aliphatic rings. The van der Waals surface area contributed by atoms with Crippen LogP contribution in [0.5, 0.6) is 0 Å². The van der Waals surface area contributed by atoms with Gasteiger partial charge in [-0.2, -0.15) is 0 Å². The van der Waals surface area contributed by atoms with Crippen LogP contribution in [0.1, 0.15) is 21.5 Å². The Morgan fingerprint density at radius 3 is 2.66 bits per heavy atom. The molecule has 4 rings (SSSR count). The van der Waals surface area contributed by atoms with Gasteiger partial charge in [-0.1, -0.05) is 24.3 Å². The molecular weight excluding hydrogens is 406 g/mol. The summed E-state index contributed by atoms with van der Waals surface area (Å²) in [5.41, 5.74) is 5.98. The molecule has 2 heterocycles. The molecular formula is C22H20ClN3O2S. The molecule has 1 N–H and O–H groups in total.